The Hall–Kier alpha value is -1.56. The first-order chi connectivity index (χ1) is 9.90. The summed E-state index contributed by atoms with van der Waals surface area (Å²) in [5.74, 6) is -0.205. The molecule has 0 aromatic carbocycles. The minimum Gasteiger partial charge on any atom is -0.387 e. The highest BCUT2D eigenvalue weighted by molar-refractivity contribution is 5.49. The number of alkyl halides is 3. The lowest BCUT2D eigenvalue weighted by Crippen LogP contribution is -2.21. The third-order valence-electron chi connectivity index (χ3n) is 3.84. The predicted octanol–water partition coefficient (Wildman–Crippen LogP) is 4.21. The minimum absolute atomic E-state index is 0.113. The molecule has 0 aliphatic rings. The molecule has 2 rings (SSSR count). The normalized spacial score (nSPS) is 15.3. The number of halogens is 3. The zero-order valence-electron chi connectivity index (χ0n) is 12.1. The van der Waals surface area contributed by atoms with Crippen LogP contribution in [0.3, 0.4) is 0 Å². The molecule has 0 amide bonds. The number of aromatic nitrogens is 2. The fourth-order valence-corrected chi connectivity index (χ4v) is 2.73. The molecule has 2 aromatic rings. The maximum Gasteiger partial charge on any atom is 0.418 e. The van der Waals surface area contributed by atoms with E-state index in [0.29, 0.717) is 18.4 Å². The Morgan fingerprint density at radius 1 is 1.29 bits per heavy atom. The van der Waals surface area contributed by atoms with Crippen molar-refractivity contribution < 1.29 is 18.3 Å². The van der Waals surface area contributed by atoms with Gasteiger partial charge in [-0.05, 0) is 24.5 Å². The summed E-state index contributed by atoms with van der Waals surface area (Å²) in [7, 11) is 0. The van der Waals surface area contributed by atoms with Gasteiger partial charge < -0.3 is 5.11 Å². The Labute approximate surface area is 121 Å². The lowest BCUT2D eigenvalue weighted by Gasteiger charge is -2.25. The summed E-state index contributed by atoms with van der Waals surface area (Å²) in [6, 6.07) is 2.39. The molecule has 2 aromatic heterocycles. The molecule has 0 aliphatic carbocycles. The van der Waals surface area contributed by atoms with Crippen molar-refractivity contribution >= 4 is 5.52 Å². The second-order valence-corrected chi connectivity index (χ2v) is 5.22. The number of imidazole rings is 1. The van der Waals surface area contributed by atoms with Crippen LogP contribution in [0.5, 0.6) is 0 Å². The molecule has 116 valence electrons. The van der Waals surface area contributed by atoms with Crippen molar-refractivity contribution in [3.8, 4) is 0 Å². The highest BCUT2D eigenvalue weighted by atomic mass is 19.4. The lowest BCUT2D eigenvalue weighted by molar-refractivity contribution is -0.140. The van der Waals surface area contributed by atoms with Gasteiger partial charge in [0.2, 0.25) is 0 Å². The summed E-state index contributed by atoms with van der Waals surface area (Å²) < 4.78 is 41.1. The summed E-state index contributed by atoms with van der Waals surface area (Å²) in [6.07, 6.45) is -0.739. The van der Waals surface area contributed by atoms with Crippen LogP contribution < -0.4 is 0 Å². The van der Waals surface area contributed by atoms with E-state index in [0.717, 1.165) is 12.5 Å². The summed E-state index contributed by atoms with van der Waals surface area (Å²) in [4.78, 5) is 3.88. The van der Waals surface area contributed by atoms with Gasteiger partial charge in [-0.25, -0.2) is 4.98 Å². The maximum atomic E-state index is 13.3. The highest BCUT2D eigenvalue weighted by Gasteiger charge is 2.37. The van der Waals surface area contributed by atoms with Gasteiger partial charge >= 0.3 is 6.18 Å². The zero-order chi connectivity index (χ0) is 15.6. The zero-order valence-corrected chi connectivity index (χ0v) is 12.1. The fourth-order valence-electron chi connectivity index (χ4n) is 2.73. The quantitative estimate of drug-likeness (QED) is 0.898. The summed E-state index contributed by atoms with van der Waals surface area (Å²) in [6.45, 7) is 3.84. The third-order valence-corrected chi connectivity index (χ3v) is 3.84. The number of aliphatic hydroxyl groups is 1. The summed E-state index contributed by atoms with van der Waals surface area (Å²) in [5, 5.41) is 10.5. The molecular formula is C15H19F3N2O. The van der Waals surface area contributed by atoms with Gasteiger partial charge in [0.1, 0.15) is 0 Å². The molecule has 0 fully saturated rings. The summed E-state index contributed by atoms with van der Waals surface area (Å²) >= 11 is 0. The van der Waals surface area contributed by atoms with Gasteiger partial charge in [-0.1, -0.05) is 26.7 Å². The van der Waals surface area contributed by atoms with Crippen molar-refractivity contribution in [2.75, 3.05) is 0 Å². The molecule has 2 atom stereocenters. The first-order valence-electron chi connectivity index (χ1n) is 7.10. The van der Waals surface area contributed by atoms with E-state index in [-0.39, 0.29) is 11.6 Å². The number of nitrogens with zero attached hydrogens (tertiary/aromatic N) is 2. The Kier molecular flexibility index (Phi) is 4.56. The average molecular weight is 300 g/mol. The van der Waals surface area contributed by atoms with Crippen LogP contribution in [0.2, 0.25) is 0 Å². The third kappa shape index (κ3) is 3.05. The molecule has 1 N–H and O–H groups in total. The monoisotopic (exact) mass is 300 g/mol. The standard InChI is InChI=1S/C15H19F3N2O/c1-3-5-10(4-2)14(21)13-12(15(16,17)18)7-6-11-8-19-9-20(11)13/h6-10,14,21H,3-5H2,1-2H3. The van der Waals surface area contributed by atoms with E-state index in [1.807, 2.05) is 13.8 Å². The molecule has 0 spiro atoms. The van der Waals surface area contributed by atoms with Gasteiger partial charge in [-0.3, -0.25) is 4.40 Å². The number of pyridine rings is 1. The van der Waals surface area contributed by atoms with Crippen LogP contribution in [0.4, 0.5) is 13.2 Å². The van der Waals surface area contributed by atoms with Crippen LogP contribution in [0.15, 0.2) is 24.7 Å². The average Bonchev–Trinajstić information content (AvgIpc) is 2.90. The Balaban J connectivity index is 2.60. The molecule has 21 heavy (non-hydrogen) atoms. The van der Waals surface area contributed by atoms with Gasteiger partial charge in [0.25, 0.3) is 0 Å². The van der Waals surface area contributed by atoms with Crippen molar-refractivity contribution in [3.05, 3.63) is 35.9 Å². The van der Waals surface area contributed by atoms with Gasteiger partial charge in [0, 0.05) is 0 Å². The molecule has 0 saturated carbocycles. The van der Waals surface area contributed by atoms with Gasteiger partial charge in [0.05, 0.1) is 35.4 Å². The van der Waals surface area contributed by atoms with Crippen molar-refractivity contribution in [1.82, 2.24) is 9.38 Å². The maximum absolute atomic E-state index is 13.3. The Morgan fingerprint density at radius 3 is 2.57 bits per heavy atom. The van der Waals surface area contributed by atoms with Crippen LogP contribution in [0, 0.1) is 5.92 Å². The van der Waals surface area contributed by atoms with E-state index >= 15 is 0 Å². The van der Waals surface area contributed by atoms with Crippen molar-refractivity contribution in [2.24, 2.45) is 5.92 Å². The minimum atomic E-state index is -4.50. The number of hydrogen-bond donors (Lipinski definition) is 1. The Bertz CT molecular complexity index is 606. The van der Waals surface area contributed by atoms with E-state index in [9.17, 15) is 18.3 Å². The van der Waals surface area contributed by atoms with Crippen molar-refractivity contribution in [2.45, 2.75) is 45.4 Å². The molecule has 0 bridgehead atoms. The van der Waals surface area contributed by atoms with Gasteiger partial charge in [-0.2, -0.15) is 13.2 Å². The second-order valence-electron chi connectivity index (χ2n) is 5.22. The van der Waals surface area contributed by atoms with Crippen molar-refractivity contribution in [3.63, 3.8) is 0 Å². The van der Waals surface area contributed by atoms with E-state index in [1.165, 1.54) is 23.0 Å². The molecule has 2 heterocycles. The Morgan fingerprint density at radius 2 is 2.00 bits per heavy atom. The second kappa shape index (κ2) is 6.05. The molecule has 3 nitrogen and oxygen atoms in total. The first kappa shape index (κ1) is 15.8. The molecule has 6 heteroatoms. The van der Waals surface area contributed by atoms with Crippen LogP contribution in [0.1, 0.15) is 50.5 Å². The number of aliphatic hydroxyl groups excluding tert-OH is 1. The molecule has 0 radical (unpaired) electrons. The largest absolute Gasteiger partial charge is 0.418 e. The van der Waals surface area contributed by atoms with Crippen LogP contribution >= 0.6 is 0 Å². The molecule has 2 unspecified atom stereocenters. The molecule has 0 aliphatic heterocycles. The number of fused-ring (bicyclic) bond motifs is 1. The summed E-state index contributed by atoms with van der Waals surface area (Å²) in [5.41, 5.74) is -0.365. The van der Waals surface area contributed by atoms with E-state index in [2.05, 4.69) is 4.98 Å². The number of hydrogen-bond acceptors (Lipinski definition) is 2. The lowest BCUT2D eigenvalue weighted by atomic mass is 9.90. The van der Waals surface area contributed by atoms with Crippen molar-refractivity contribution in [1.29, 1.82) is 0 Å². The van der Waals surface area contributed by atoms with Crippen LogP contribution in [0.25, 0.3) is 5.52 Å². The van der Waals surface area contributed by atoms with Gasteiger partial charge in [-0.15, -0.1) is 0 Å². The molecular weight excluding hydrogens is 281 g/mol. The number of rotatable bonds is 5. The smallest absolute Gasteiger partial charge is 0.387 e. The van der Waals surface area contributed by atoms with E-state index in [1.54, 1.807) is 0 Å². The highest BCUT2D eigenvalue weighted by Crippen LogP contribution is 2.38. The van der Waals surface area contributed by atoms with E-state index in [4.69, 9.17) is 0 Å². The topological polar surface area (TPSA) is 37.5 Å². The van der Waals surface area contributed by atoms with Crippen LogP contribution in [-0.2, 0) is 6.18 Å². The van der Waals surface area contributed by atoms with E-state index < -0.39 is 17.8 Å². The fraction of sp³-hybridized carbons (Fsp3) is 0.533. The SMILES string of the molecule is CCCC(CC)C(O)c1c(C(F)(F)F)ccc2cncn12. The molecule has 0 saturated heterocycles. The predicted molar refractivity (Wildman–Crippen MR) is 73.8 cm³/mol. The van der Waals surface area contributed by atoms with Crippen LogP contribution in [-0.4, -0.2) is 14.5 Å². The van der Waals surface area contributed by atoms with Gasteiger partial charge in [0.15, 0.2) is 0 Å². The first-order valence-corrected chi connectivity index (χ1v) is 7.10.